The van der Waals surface area contributed by atoms with E-state index in [4.69, 9.17) is 5.73 Å². The quantitative estimate of drug-likeness (QED) is 0.562. The predicted octanol–water partition coefficient (Wildman–Crippen LogP) is 2.06. The largest absolute Gasteiger partial charge is 0.404 e. The van der Waals surface area contributed by atoms with Crippen LogP contribution in [0.1, 0.15) is 20.8 Å². The van der Waals surface area contributed by atoms with Crippen molar-refractivity contribution in [2.75, 3.05) is 0 Å². The standard InChI is InChI=1S/C8H15N/c1-6(2)8(4)7(3)5-9/h5-6H,4,9H2,1-3H3/b7-5+. The van der Waals surface area contributed by atoms with Crippen LogP contribution in [-0.4, -0.2) is 0 Å². The maximum atomic E-state index is 5.29. The van der Waals surface area contributed by atoms with E-state index in [9.17, 15) is 0 Å². The molecule has 0 atom stereocenters. The molecule has 1 nitrogen and oxygen atoms in total. The Bertz CT molecular complexity index is 132. The maximum absolute atomic E-state index is 5.29. The van der Waals surface area contributed by atoms with Gasteiger partial charge in [0.25, 0.3) is 0 Å². The molecule has 0 fully saturated rings. The lowest BCUT2D eigenvalue weighted by molar-refractivity contribution is 0.780. The summed E-state index contributed by atoms with van der Waals surface area (Å²) in [5.74, 6) is 0.504. The van der Waals surface area contributed by atoms with Crippen molar-refractivity contribution < 1.29 is 0 Å². The first-order chi connectivity index (χ1) is 4.09. The van der Waals surface area contributed by atoms with Crippen LogP contribution in [0.15, 0.2) is 23.9 Å². The van der Waals surface area contributed by atoms with E-state index in [1.54, 1.807) is 6.20 Å². The summed E-state index contributed by atoms with van der Waals surface area (Å²) in [7, 11) is 0. The Morgan fingerprint density at radius 2 is 2.00 bits per heavy atom. The minimum Gasteiger partial charge on any atom is -0.404 e. The summed E-state index contributed by atoms with van der Waals surface area (Å²) in [6.07, 6.45) is 1.60. The molecular weight excluding hydrogens is 110 g/mol. The third-order valence-electron chi connectivity index (χ3n) is 1.45. The van der Waals surface area contributed by atoms with Gasteiger partial charge in [-0.25, -0.2) is 0 Å². The van der Waals surface area contributed by atoms with Gasteiger partial charge in [-0.3, -0.25) is 0 Å². The zero-order valence-corrected chi connectivity index (χ0v) is 6.44. The van der Waals surface area contributed by atoms with Crippen LogP contribution in [0.2, 0.25) is 0 Å². The van der Waals surface area contributed by atoms with Gasteiger partial charge in [0.2, 0.25) is 0 Å². The minimum absolute atomic E-state index is 0.504. The van der Waals surface area contributed by atoms with E-state index < -0.39 is 0 Å². The van der Waals surface area contributed by atoms with Crippen molar-refractivity contribution in [2.45, 2.75) is 20.8 Å². The van der Waals surface area contributed by atoms with E-state index >= 15 is 0 Å². The van der Waals surface area contributed by atoms with Gasteiger partial charge in [0, 0.05) is 0 Å². The SMILES string of the molecule is C=C(/C(C)=C/N)C(C)C. The summed E-state index contributed by atoms with van der Waals surface area (Å²) in [5, 5.41) is 0. The van der Waals surface area contributed by atoms with Gasteiger partial charge in [-0.05, 0) is 30.2 Å². The summed E-state index contributed by atoms with van der Waals surface area (Å²) in [5.41, 5.74) is 7.50. The fourth-order valence-electron chi connectivity index (χ4n) is 0.562. The van der Waals surface area contributed by atoms with Crippen LogP contribution >= 0.6 is 0 Å². The summed E-state index contributed by atoms with van der Waals surface area (Å²) >= 11 is 0. The molecule has 0 bridgehead atoms. The zero-order chi connectivity index (χ0) is 7.44. The van der Waals surface area contributed by atoms with Gasteiger partial charge in [-0.1, -0.05) is 20.4 Å². The first-order valence-electron chi connectivity index (χ1n) is 3.17. The van der Waals surface area contributed by atoms with Crippen molar-refractivity contribution in [1.29, 1.82) is 0 Å². The van der Waals surface area contributed by atoms with Crippen molar-refractivity contribution >= 4 is 0 Å². The molecule has 0 aliphatic rings. The van der Waals surface area contributed by atoms with Crippen molar-refractivity contribution in [3.63, 3.8) is 0 Å². The average molecular weight is 125 g/mol. The highest BCUT2D eigenvalue weighted by molar-refractivity contribution is 5.26. The van der Waals surface area contributed by atoms with E-state index in [2.05, 4.69) is 20.4 Å². The highest BCUT2D eigenvalue weighted by atomic mass is 14.5. The smallest absolute Gasteiger partial charge is 0.00299 e. The second kappa shape index (κ2) is 3.33. The zero-order valence-electron chi connectivity index (χ0n) is 6.44. The fourth-order valence-corrected chi connectivity index (χ4v) is 0.562. The van der Waals surface area contributed by atoms with Gasteiger partial charge in [0.1, 0.15) is 0 Å². The normalized spacial score (nSPS) is 12.2. The molecule has 0 aromatic rings. The molecule has 52 valence electrons. The Labute approximate surface area is 57.3 Å². The number of allylic oxidation sites excluding steroid dienone is 2. The van der Waals surface area contributed by atoms with Crippen molar-refractivity contribution in [1.82, 2.24) is 0 Å². The molecule has 2 N–H and O–H groups in total. The van der Waals surface area contributed by atoms with Gasteiger partial charge in [0.05, 0.1) is 0 Å². The first kappa shape index (κ1) is 8.28. The van der Waals surface area contributed by atoms with Crippen molar-refractivity contribution in [3.8, 4) is 0 Å². The van der Waals surface area contributed by atoms with Gasteiger partial charge >= 0.3 is 0 Å². The molecule has 0 unspecified atom stereocenters. The van der Waals surface area contributed by atoms with Crippen LogP contribution in [0.5, 0.6) is 0 Å². The lowest BCUT2D eigenvalue weighted by atomic mass is 9.99. The van der Waals surface area contributed by atoms with E-state index in [1.807, 2.05) is 6.92 Å². The molecule has 1 heteroatoms. The Morgan fingerprint density at radius 1 is 1.56 bits per heavy atom. The number of nitrogens with two attached hydrogens (primary N) is 1. The molecule has 0 saturated heterocycles. The molecule has 9 heavy (non-hydrogen) atoms. The van der Waals surface area contributed by atoms with Crippen LogP contribution in [-0.2, 0) is 0 Å². The van der Waals surface area contributed by atoms with Crippen LogP contribution in [0.3, 0.4) is 0 Å². The molecule has 0 spiro atoms. The summed E-state index contributed by atoms with van der Waals surface area (Å²) < 4.78 is 0. The van der Waals surface area contributed by atoms with E-state index in [-0.39, 0.29) is 0 Å². The summed E-state index contributed by atoms with van der Waals surface area (Å²) in [6.45, 7) is 10.1. The van der Waals surface area contributed by atoms with E-state index in [0.717, 1.165) is 11.1 Å². The lowest BCUT2D eigenvalue weighted by Crippen LogP contribution is -1.95. The van der Waals surface area contributed by atoms with Crippen LogP contribution < -0.4 is 5.73 Å². The molecule has 0 aromatic heterocycles. The molecule has 0 saturated carbocycles. The van der Waals surface area contributed by atoms with Gasteiger partial charge < -0.3 is 5.73 Å². The molecular formula is C8H15N. The third-order valence-corrected chi connectivity index (χ3v) is 1.45. The summed E-state index contributed by atoms with van der Waals surface area (Å²) in [6, 6.07) is 0. The average Bonchev–Trinajstić information content (AvgIpc) is 1.84. The Balaban J connectivity index is 4.06. The number of hydrogen-bond acceptors (Lipinski definition) is 1. The Hall–Kier alpha value is -0.720. The van der Waals surface area contributed by atoms with Gasteiger partial charge in [0.15, 0.2) is 0 Å². The predicted molar refractivity (Wildman–Crippen MR) is 41.9 cm³/mol. The second-order valence-corrected chi connectivity index (χ2v) is 2.53. The monoisotopic (exact) mass is 125 g/mol. The Morgan fingerprint density at radius 3 is 2.11 bits per heavy atom. The molecule has 0 radical (unpaired) electrons. The van der Waals surface area contributed by atoms with E-state index in [1.165, 1.54) is 0 Å². The lowest BCUT2D eigenvalue weighted by Gasteiger charge is -2.07. The van der Waals surface area contributed by atoms with Gasteiger partial charge in [-0.15, -0.1) is 0 Å². The third kappa shape index (κ3) is 2.36. The molecule has 0 amide bonds. The maximum Gasteiger partial charge on any atom is -0.00299 e. The molecule has 0 aromatic carbocycles. The fraction of sp³-hybridized carbons (Fsp3) is 0.500. The second-order valence-electron chi connectivity index (χ2n) is 2.53. The van der Waals surface area contributed by atoms with Crippen molar-refractivity contribution in [3.05, 3.63) is 23.9 Å². The van der Waals surface area contributed by atoms with Gasteiger partial charge in [-0.2, -0.15) is 0 Å². The van der Waals surface area contributed by atoms with Crippen LogP contribution in [0.4, 0.5) is 0 Å². The highest BCUT2D eigenvalue weighted by Gasteiger charge is 1.99. The molecule has 0 heterocycles. The molecule has 0 aliphatic carbocycles. The highest BCUT2D eigenvalue weighted by Crippen LogP contribution is 2.14. The Kier molecular flexibility index (Phi) is 3.07. The first-order valence-corrected chi connectivity index (χ1v) is 3.17. The van der Waals surface area contributed by atoms with E-state index in [0.29, 0.717) is 5.92 Å². The number of hydrogen-bond donors (Lipinski definition) is 1. The molecule has 0 rings (SSSR count). The number of rotatable bonds is 2. The summed E-state index contributed by atoms with van der Waals surface area (Å²) in [4.78, 5) is 0. The van der Waals surface area contributed by atoms with Crippen LogP contribution in [0.25, 0.3) is 0 Å². The van der Waals surface area contributed by atoms with Crippen LogP contribution in [0, 0.1) is 5.92 Å². The molecule has 0 aliphatic heterocycles. The van der Waals surface area contributed by atoms with Crippen molar-refractivity contribution in [2.24, 2.45) is 11.7 Å². The topological polar surface area (TPSA) is 26.0 Å². The minimum atomic E-state index is 0.504.